The van der Waals surface area contributed by atoms with Crippen molar-refractivity contribution in [3.8, 4) is 11.1 Å². The van der Waals surface area contributed by atoms with Gasteiger partial charge in [-0.1, -0.05) is 48.5 Å². The fourth-order valence-electron chi connectivity index (χ4n) is 3.05. The van der Waals surface area contributed by atoms with Crippen molar-refractivity contribution in [2.75, 3.05) is 13.1 Å². The maximum Gasteiger partial charge on any atom is 0.471 e. The molecule has 0 aliphatic carbocycles. The first-order valence-corrected chi connectivity index (χ1v) is 7.49. The highest BCUT2D eigenvalue weighted by Gasteiger charge is 2.42. The lowest BCUT2D eigenvalue weighted by Gasteiger charge is -2.21. The molecule has 3 rings (SSSR count). The summed E-state index contributed by atoms with van der Waals surface area (Å²) < 4.78 is 37.9. The second kappa shape index (κ2) is 6.07. The first-order chi connectivity index (χ1) is 11.0. The minimum atomic E-state index is -4.81. The zero-order valence-corrected chi connectivity index (χ0v) is 12.4. The van der Waals surface area contributed by atoms with Crippen LogP contribution < -0.4 is 0 Å². The summed E-state index contributed by atoms with van der Waals surface area (Å²) in [5.74, 6) is -1.74. The summed E-state index contributed by atoms with van der Waals surface area (Å²) in [4.78, 5) is 12.4. The molecule has 0 atom stereocenters. The monoisotopic (exact) mass is 319 g/mol. The van der Waals surface area contributed by atoms with E-state index in [9.17, 15) is 18.0 Å². The standard InChI is InChI=1S/C18H16F3NO/c19-18(20,21)17(23)22-11-9-14-7-4-8-15(16(14)10-12-22)13-5-2-1-3-6-13/h1-8H,9-12H2. The highest BCUT2D eigenvalue weighted by molar-refractivity contribution is 5.82. The van der Waals surface area contributed by atoms with E-state index < -0.39 is 12.1 Å². The minimum Gasteiger partial charge on any atom is -0.334 e. The Morgan fingerprint density at radius 2 is 1.61 bits per heavy atom. The van der Waals surface area contributed by atoms with Crippen molar-refractivity contribution in [3.63, 3.8) is 0 Å². The van der Waals surface area contributed by atoms with Gasteiger partial charge in [0.1, 0.15) is 0 Å². The normalized spacial score (nSPS) is 15.0. The lowest BCUT2D eigenvalue weighted by molar-refractivity contribution is -0.185. The van der Waals surface area contributed by atoms with Gasteiger partial charge in [-0.3, -0.25) is 4.79 Å². The van der Waals surface area contributed by atoms with Crippen LogP contribution in [0.3, 0.4) is 0 Å². The first-order valence-electron chi connectivity index (χ1n) is 7.49. The largest absolute Gasteiger partial charge is 0.471 e. The molecule has 0 saturated carbocycles. The highest BCUT2D eigenvalue weighted by Crippen LogP contribution is 2.29. The maximum atomic E-state index is 12.6. The third-order valence-electron chi connectivity index (χ3n) is 4.17. The van der Waals surface area contributed by atoms with E-state index in [-0.39, 0.29) is 13.1 Å². The van der Waals surface area contributed by atoms with E-state index in [0.29, 0.717) is 12.8 Å². The van der Waals surface area contributed by atoms with Gasteiger partial charge in [-0.05, 0) is 35.1 Å². The second-order valence-electron chi connectivity index (χ2n) is 5.60. The van der Waals surface area contributed by atoms with Crippen molar-refractivity contribution in [2.45, 2.75) is 19.0 Å². The number of fused-ring (bicyclic) bond motifs is 1. The number of nitrogens with zero attached hydrogens (tertiary/aromatic N) is 1. The van der Waals surface area contributed by atoms with Crippen LogP contribution in [0.1, 0.15) is 11.1 Å². The molecule has 1 amide bonds. The summed E-state index contributed by atoms with van der Waals surface area (Å²) in [6.07, 6.45) is -3.93. The molecule has 2 nitrogen and oxygen atoms in total. The van der Waals surface area contributed by atoms with E-state index in [1.165, 1.54) is 0 Å². The number of hydrogen-bond acceptors (Lipinski definition) is 1. The van der Waals surface area contributed by atoms with Gasteiger partial charge in [-0.15, -0.1) is 0 Å². The van der Waals surface area contributed by atoms with E-state index in [2.05, 4.69) is 0 Å². The molecule has 0 aromatic heterocycles. The van der Waals surface area contributed by atoms with E-state index >= 15 is 0 Å². The van der Waals surface area contributed by atoms with Crippen molar-refractivity contribution in [2.24, 2.45) is 0 Å². The number of hydrogen-bond donors (Lipinski definition) is 0. The van der Waals surface area contributed by atoms with Crippen molar-refractivity contribution in [1.82, 2.24) is 4.90 Å². The van der Waals surface area contributed by atoms with Crippen LogP contribution >= 0.6 is 0 Å². The summed E-state index contributed by atoms with van der Waals surface area (Å²) in [5.41, 5.74) is 4.13. The zero-order valence-electron chi connectivity index (χ0n) is 12.4. The van der Waals surface area contributed by atoms with Crippen LogP contribution in [-0.4, -0.2) is 30.1 Å². The number of amides is 1. The maximum absolute atomic E-state index is 12.6. The summed E-state index contributed by atoms with van der Waals surface area (Å²) >= 11 is 0. The number of halogens is 3. The third-order valence-corrected chi connectivity index (χ3v) is 4.17. The predicted octanol–water partition coefficient (Wildman–Crippen LogP) is 3.84. The van der Waals surface area contributed by atoms with Gasteiger partial charge in [0.2, 0.25) is 0 Å². The molecule has 2 aromatic carbocycles. The molecule has 0 fully saturated rings. The van der Waals surface area contributed by atoms with Gasteiger partial charge >= 0.3 is 12.1 Å². The Bertz CT molecular complexity index is 710. The highest BCUT2D eigenvalue weighted by atomic mass is 19.4. The number of rotatable bonds is 1. The van der Waals surface area contributed by atoms with E-state index in [4.69, 9.17) is 0 Å². The molecule has 1 aliphatic heterocycles. The van der Waals surface area contributed by atoms with E-state index in [1.807, 2.05) is 48.5 Å². The quantitative estimate of drug-likeness (QED) is 0.782. The topological polar surface area (TPSA) is 20.3 Å². The van der Waals surface area contributed by atoms with Gasteiger partial charge < -0.3 is 4.90 Å². The van der Waals surface area contributed by atoms with Crippen molar-refractivity contribution in [1.29, 1.82) is 0 Å². The molecule has 1 heterocycles. The fourth-order valence-corrected chi connectivity index (χ4v) is 3.05. The average Bonchev–Trinajstić information content (AvgIpc) is 2.76. The van der Waals surface area contributed by atoms with Gasteiger partial charge in [0.05, 0.1) is 0 Å². The number of alkyl halides is 3. The number of carbonyl (C=O) groups is 1. The van der Waals surface area contributed by atoms with Gasteiger partial charge in [0.25, 0.3) is 0 Å². The van der Waals surface area contributed by atoms with Crippen LogP contribution in [-0.2, 0) is 17.6 Å². The van der Waals surface area contributed by atoms with Gasteiger partial charge in [0, 0.05) is 13.1 Å². The molecule has 120 valence electrons. The van der Waals surface area contributed by atoms with Gasteiger partial charge in [0.15, 0.2) is 0 Å². The van der Waals surface area contributed by atoms with Crippen LogP contribution in [0.4, 0.5) is 13.2 Å². The minimum absolute atomic E-state index is 0.0925. The Hall–Kier alpha value is -2.30. The van der Waals surface area contributed by atoms with E-state index in [0.717, 1.165) is 27.2 Å². The third kappa shape index (κ3) is 3.23. The molecule has 0 N–H and O–H groups in total. The summed E-state index contributed by atoms with van der Waals surface area (Å²) in [6, 6.07) is 15.6. The zero-order chi connectivity index (χ0) is 16.4. The van der Waals surface area contributed by atoms with Crippen molar-refractivity contribution >= 4 is 5.91 Å². The number of benzene rings is 2. The SMILES string of the molecule is O=C(N1CCc2cccc(-c3ccccc3)c2CC1)C(F)(F)F. The molecule has 0 spiro atoms. The van der Waals surface area contributed by atoms with Crippen LogP contribution in [0.15, 0.2) is 48.5 Å². The molecule has 1 aliphatic rings. The van der Waals surface area contributed by atoms with Crippen LogP contribution in [0.5, 0.6) is 0 Å². The summed E-state index contributed by atoms with van der Waals surface area (Å²) in [6.45, 7) is 0.193. The van der Waals surface area contributed by atoms with Gasteiger partial charge in [-0.25, -0.2) is 0 Å². The van der Waals surface area contributed by atoms with Crippen LogP contribution in [0, 0.1) is 0 Å². The Kier molecular flexibility index (Phi) is 4.11. The smallest absolute Gasteiger partial charge is 0.334 e. The first kappa shape index (κ1) is 15.6. The molecule has 0 unspecified atom stereocenters. The molecule has 0 bridgehead atoms. The fraction of sp³-hybridized carbons (Fsp3) is 0.278. The Balaban J connectivity index is 1.91. The van der Waals surface area contributed by atoms with Crippen molar-refractivity contribution in [3.05, 3.63) is 59.7 Å². The molecule has 2 aromatic rings. The molecule has 23 heavy (non-hydrogen) atoms. The van der Waals surface area contributed by atoms with Crippen LogP contribution in [0.2, 0.25) is 0 Å². The van der Waals surface area contributed by atoms with Crippen molar-refractivity contribution < 1.29 is 18.0 Å². The Labute approximate surface area is 132 Å². The molecule has 0 radical (unpaired) electrons. The number of carbonyl (C=O) groups excluding carboxylic acids is 1. The van der Waals surface area contributed by atoms with E-state index in [1.54, 1.807) is 0 Å². The summed E-state index contributed by atoms with van der Waals surface area (Å²) in [5, 5.41) is 0. The van der Waals surface area contributed by atoms with Crippen LogP contribution in [0.25, 0.3) is 11.1 Å². The average molecular weight is 319 g/mol. The second-order valence-corrected chi connectivity index (χ2v) is 5.60. The predicted molar refractivity (Wildman–Crippen MR) is 81.9 cm³/mol. The Morgan fingerprint density at radius 3 is 2.30 bits per heavy atom. The molecular weight excluding hydrogens is 303 g/mol. The molecular formula is C18H16F3NO. The molecule has 5 heteroatoms. The van der Waals surface area contributed by atoms with Gasteiger partial charge in [-0.2, -0.15) is 13.2 Å². The molecule has 0 saturated heterocycles. The lowest BCUT2D eigenvalue weighted by Crippen LogP contribution is -2.42. The lowest BCUT2D eigenvalue weighted by atomic mass is 9.93. The summed E-state index contributed by atoms with van der Waals surface area (Å²) in [7, 11) is 0. The Morgan fingerprint density at radius 1 is 0.913 bits per heavy atom.